The van der Waals surface area contributed by atoms with E-state index in [1.54, 1.807) is 12.1 Å². The molecular weight excluding hydrogens is 336 g/mol. The normalized spacial score (nSPS) is 12.7. The lowest BCUT2D eigenvalue weighted by Crippen LogP contribution is -2.37. The fraction of sp³-hybridized carbons (Fsp3) is 0.450. The van der Waals surface area contributed by atoms with Gasteiger partial charge in [-0.2, -0.15) is 0 Å². The molecule has 0 bridgehead atoms. The first-order valence-corrected chi connectivity index (χ1v) is 8.43. The summed E-state index contributed by atoms with van der Waals surface area (Å²) in [7, 11) is 1.49. The maximum absolute atomic E-state index is 11.8. The SMILES string of the molecule is COc1cc(OCC=C(C)C)c2ccc(=O)oc2c1C[C@H](O)C(C)(C)O. The summed E-state index contributed by atoms with van der Waals surface area (Å²) in [5.41, 5.74) is 0.0832. The van der Waals surface area contributed by atoms with Crippen LogP contribution in [-0.2, 0) is 6.42 Å². The van der Waals surface area contributed by atoms with Crippen molar-refractivity contribution >= 4 is 11.0 Å². The van der Waals surface area contributed by atoms with Crippen LogP contribution in [0.3, 0.4) is 0 Å². The molecule has 0 aliphatic heterocycles. The van der Waals surface area contributed by atoms with E-state index in [1.807, 2.05) is 19.9 Å². The van der Waals surface area contributed by atoms with Crippen LogP contribution in [0.1, 0.15) is 33.3 Å². The lowest BCUT2D eigenvalue weighted by atomic mass is 9.93. The van der Waals surface area contributed by atoms with Crippen LogP contribution in [0.2, 0.25) is 0 Å². The van der Waals surface area contributed by atoms with E-state index >= 15 is 0 Å². The van der Waals surface area contributed by atoms with Crippen LogP contribution in [0.15, 0.2) is 39.1 Å². The number of allylic oxidation sites excluding steroid dienone is 1. The monoisotopic (exact) mass is 362 g/mol. The minimum Gasteiger partial charge on any atom is -0.496 e. The zero-order valence-corrected chi connectivity index (χ0v) is 15.8. The summed E-state index contributed by atoms with van der Waals surface area (Å²) in [6.45, 7) is 7.34. The van der Waals surface area contributed by atoms with Gasteiger partial charge in [0.2, 0.25) is 0 Å². The number of methoxy groups -OCH3 is 1. The van der Waals surface area contributed by atoms with Gasteiger partial charge in [0.1, 0.15) is 23.7 Å². The second kappa shape index (κ2) is 7.93. The fourth-order valence-corrected chi connectivity index (χ4v) is 2.47. The minimum absolute atomic E-state index is 0.0599. The summed E-state index contributed by atoms with van der Waals surface area (Å²) in [5, 5.41) is 20.9. The molecule has 0 radical (unpaired) electrons. The minimum atomic E-state index is -1.31. The summed E-state index contributed by atoms with van der Waals surface area (Å²) in [6, 6.07) is 4.64. The Labute approximate surface area is 152 Å². The van der Waals surface area contributed by atoms with Crippen molar-refractivity contribution in [2.75, 3.05) is 13.7 Å². The highest BCUT2D eigenvalue weighted by Crippen LogP contribution is 2.36. The van der Waals surface area contributed by atoms with E-state index in [0.717, 1.165) is 5.57 Å². The highest BCUT2D eigenvalue weighted by atomic mass is 16.5. The first kappa shape index (κ1) is 20.0. The molecule has 142 valence electrons. The van der Waals surface area contributed by atoms with Crippen molar-refractivity contribution in [2.45, 2.75) is 45.8 Å². The van der Waals surface area contributed by atoms with Crippen LogP contribution in [0.25, 0.3) is 11.0 Å². The number of rotatable bonds is 7. The number of aliphatic hydroxyl groups is 2. The van der Waals surface area contributed by atoms with E-state index in [0.29, 0.717) is 29.1 Å². The molecule has 2 N–H and O–H groups in total. The molecular formula is C20H26O6. The number of fused-ring (bicyclic) bond motifs is 1. The third-order valence-electron chi connectivity index (χ3n) is 4.10. The van der Waals surface area contributed by atoms with Crippen molar-refractivity contribution < 1.29 is 24.1 Å². The molecule has 26 heavy (non-hydrogen) atoms. The molecule has 0 aliphatic carbocycles. The van der Waals surface area contributed by atoms with Crippen molar-refractivity contribution in [2.24, 2.45) is 0 Å². The van der Waals surface area contributed by atoms with Gasteiger partial charge in [0.05, 0.1) is 24.2 Å². The van der Waals surface area contributed by atoms with Crippen LogP contribution in [0.5, 0.6) is 11.5 Å². The van der Waals surface area contributed by atoms with E-state index < -0.39 is 17.3 Å². The Bertz CT molecular complexity index is 853. The molecule has 0 amide bonds. The molecule has 6 nitrogen and oxygen atoms in total. The van der Waals surface area contributed by atoms with Gasteiger partial charge in [0, 0.05) is 24.1 Å². The van der Waals surface area contributed by atoms with Gasteiger partial charge in [-0.05, 0) is 39.8 Å². The number of hydrogen-bond donors (Lipinski definition) is 2. The number of hydrogen-bond acceptors (Lipinski definition) is 6. The first-order chi connectivity index (χ1) is 12.1. The van der Waals surface area contributed by atoms with Crippen molar-refractivity contribution in [3.8, 4) is 11.5 Å². The molecule has 1 heterocycles. The summed E-state index contributed by atoms with van der Waals surface area (Å²) in [5.74, 6) is 0.932. The Hall–Kier alpha value is -2.31. The van der Waals surface area contributed by atoms with Crippen molar-refractivity contribution in [1.29, 1.82) is 0 Å². The summed E-state index contributed by atoms with van der Waals surface area (Å²) >= 11 is 0. The molecule has 0 fully saturated rings. The smallest absolute Gasteiger partial charge is 0.336 e. The molecule has 1 aromatic carbocycles. The second-order valence-electron chi connectivity index (χ2n) is 7.02. The van der Waals surface area contributed by atoms with Crippen molar-refractivity contribution in [3.63, 3.8) is 0 Å². The van der Waals surface area contributed by atoms with Crippen LogP contribution in [0.4, 0.5) is 0 Å². The van der Waals surface area contributed by atoms with Crippen molar-refractivity contribution in [1.82, 2.24) is 0 Å². The zero-order chi connectivity index (χ0) is 19.5. The van der Waals surface area contributed by atoms with Crippen LogP contribution >= 0.6 is 0 Å². The van der Waals surface area contributed by atoms with Gasteiger partial charge in [-0.25, -0.2) is 4.79 Å². The third-order valence-corrected chi connectivity index (χ3v) is 4.10. The maximum Gasteiger partial charge on any atom is 0.336 e. The van der Waals surface area contributed by atoms with E-state index in [1.165, 1.54) is 27.0 Å². The second-order valence-corrected chi connectivity index (χ2v) is 7.02. The molecule has 2 aromatic rings. The molecule has 1 atom stereocenters. The van der Waals surface area contributed by atoms with Gasteiger partial charge >= 0.3 is 5.63 Å². The Morgan fingerprint density at radius 3 is 2.58 bits per heavy atom. The largest absolute Gasteiger partial charge is 0.496 e. The van der Waals surface area contributed by atoms with E-state index in [-0.39, 0.29) is 12.0 Å². The van der Waals surface area contributed by atoms with Gasteiger partial charge in [0.25, 0.3) is 0 Å². The highest BCUT2D eigenvalue weighted by molar-refractivity contribution is 5.88. The fourth-order valence-electron chi connectivity index (χ4n) is 2.47. The quantitative estimate of drug-likeness (QED) is 0.582. The number of ether oxygens (including phenoxy) is 2. The average molecular weight is 362 g/mol. The van der Waals surface area contributed by atoms with Gasteiger partial charge in [-0.3, -0.25) is 0 Å². The maximum atomic E-state index is 11.8. The molecule has 0 unspecified atom stereocenters. The number of benzene rings is 1. The van der Waals surface area contributed by atoms with Gasteiger partial charge in [-0.1, -0.05) is 5.57 Å². The van der Waals surface area contributed by atoms with Gasteiger partial charge in [-0.15, -0.1) is 0 Å². The van der Waals surface area contributed by atoms with Gasteiger partial charge < -0.3 is 24.1 Å². The molecule has 2 rings (SSSR count). The predicted molar refractivity (Wildman–Crippen MR) is 100.0 cm³/mol. The molecule has 6 heteroatoms. The van der Waals surface area contributed by atoms with Gasteiger partial charge in [0.15, 0.2) is 0 Å². The van der Waals surface area contributed by atoms with Crippen LogP contribution in [-0.4, -0.2) is 35.6 Å². The first-order valence-electron chi connectivity index (χ1n) is 8.43. The summed E-state index contributed by atoms with van der Waals surface area (Å²) in [4.78, 5) is 11.8. The summed E-state index contributed by atoms with van der Waals surface area (Å²) < 4.78 is 16.6. The molecule has 1 aromatic heterocycles. The Morgan fingerprint density at radius 2 is 2.00 bits per heavy atom. The molecule has 0 spiro atoms. The topological polar surface area (TPSA) is 89.1 Å². The molecule has 0 saturated heterocycles. The Morgan fingerprint density at radius 1 is 1.31 bits per heavy atom. The Balaban J connectivity index is 2.59. The van der Waals surface area contributed by atoms with Crippen LogP contribution < -0.4 is 15.1 Å². The lowest BCUT2D eigenvalue weighted by Gasteiger charge is -2.25. The highest BCUT2D eigenvalue weighted by Gasteiger charge is 2.28. The molecule has 0 saturated carbocycles. The third kappa shape index (κ3) is 4.65. The lowest BCUT2D eigenvalue weighted by molar-refractivity contribution is -0.0470. The number of aliphatic hydroxyl groups excluding tert-OH is 1. The van der Waals surface area contributed by atoms with Crippen LogP contribution in [0, 0.1) is 0 Å². The summed E-state index contributed by atoms with van der Waals surface area (Å²) in [6.07, 6.45) is 0.927. The zero-order valence-electron chi connectivity index (χ0n) is 15.8. The van der Waals surface area contributed by atoms with E-state index in [2.05, 4.69) is 0 Å². The van der Waals surface area contributed by atoms with E-state index in [9.17, 15) is 15.0 Å². The molecule has 0 aliphatic rings. The standard InChI is InChI=1S/C20H26O6/c1-12(2)8-9-25-16-11-15(24-5)14(10-17(21)20(3,4)23)19-13(16)6-7-18(22)26-19/h6-8,11,17,21,23H,9-10H2,1-5H3/t17-/m0/s1. The van der Waals surface area contributed by atoms with Crippen molar-refractivity contribution in [3.05, 3.63) is 45.8 Å². The van der Waals surface area contributed by atoms with E-state index in [4.69, 9.17) is 13.9 Å². The Kier molecular flexibility index (Phi) is 6.10. The average Bonchev–Trinajstić information content (AvgIpc) is 2.54. The predicted octanol–water partition coefficient (Wildman–Crippen LogP) is 2.82.